The molecule has 3 fully saturated rings. The van der Waals surface area contributed by atoms with Crippen molar-refractivity contribution in [3.8, 4) is 0 Å². The zero-order valence-electron chi connectivity index (χ0n) is 12.8. The second kappa shape index (κ2) is 6.05. The fourth-order valence-corrected chi connectivity index (χ4v) is 4.63. The fraction of sp³-hybridized carbons (Fsp3) is 0.941. The lowest BCUT2D eigenvalue weighted by Crippen LogP contribution is -2.47. The monoisotopic (exact) mass is 278 g/mol. The second-order valence-corrected chi connectivity index (χ2v) is 7.50. The lowest BCUT2D eigenvalue weighted by molar-refractivity contribution is -0.139. The van der Waals surface area contributed by atoms with Crippen LogP contribution in [0.4, 0.5) is 0 Å². The smallest absolute Gasteiger partial charge is 0.225 e. The number of nitrogens with zero attached hydrogens (tertiary/aromatic N) is 1. The second-order valence-electron chi connectivity index (χ2n) is 7.50. The first-order valence-electron chi connectivity index (χ1n) is 8.73. The number of hydrogen-bond donors (Lipinski definition) is 1. The molecule has 3 heteroatoms. The predicted molar refractivity (Wildman–Crippen MR) is 81.3 cm³/mol. The Kier molecular flexibility index (Phi) is 4.34. The summed E-state index contributed by atoms with van der Waals surface area (Å²) in [5.41, 5.74) is 6.55. The molecule has 1 aliphatic heterocycles. The highest BCUT2D eigenvalue weighted by atomic mass is 16.2. The lowest BCUT2D eigenvalue weighted by atomic mass is 9.68. The van der Waals surface area contributed by atoms with Gasteiger partial charge in [0.1, 0.15) is 0 Å². The first-order chi connectivity index (χ1) is 9.69. The Morgan fingerprint density at radius 1 is 0.900 bits per heavy atom. The van der Waals surface area contributed by atoms with E-state index in [1.807, 2.05) is 0 Å². The summed E-state index contributed by atoms with van der Waals surface area (Å²) in [6, 6.07) is 0.339. The van der Waals surface area contributed by atoms with Gasteiger partial charge in [0.15, 0.2) is 0 Å². The molecule has 3 aliphatic rings. The lowest BCUT2D eigenvalue weighted by Gasteiger charge is -2.45. The molecule has 0 unspecified atom stereocenters. The highest BCUT2D eigenvalue weighted by molar-refractivity contribution is 5.79. The van der Waals surface area contributed by atoms with Crippen LogP contribution in [0, 0.1) is 11.3 Å². The molecule has 20 heavy (non-hydrogen) atoms. The molecule has 0 atom stereocenters. The molecule has 0 aromatic carbocycles. The molecule has 3 nitrogen and oxygen atoms in total. The maximum absolute atomic E-state index is 12.6. The summed E-state index contributed by atoms with van der Waals surface area (Å²) in [6.07, 6.45) is 13.7. The van der Waals surface area contributed by atoms with E-state index in [4.69, 9.17) is 5.73 Å². The third kappa shape index (κ3) is 3.03. The molecular weight excluding hydrogens is 248 g/mol. The van der Waals surface area contributed by atoms with Gasteiger partial charge in [-0.25, -0.2) is 0 Å². The van der Waals surface area contributed by atoms with Crippen LogP contribution in [0.5, 0.6) is 0 Å². The van der Waals surface area contributed by atoms with Crippen LogP contribution in [0.25, 0.3) is 0 Å². The summed E-state index contributed by atoms with van der Waals surface area (Å²) in [7, 11) is 0. The fourth-order valence-electron chi connectivity index (χ4n) is 4.63. The van der Waals surface area contributed by atoms with Crippen LogP contribution >= 0.6 is 0 Å². The van der Waals surface area contributed by atoms with Crippen LogP contribution in [-0.2, 0) is 4.79 Å². The van der Waals surface area contributed by atoms with Crippen molar-refractivity contribution in [1.82, 2.24) is 4.90 Å². The number of rotatable bonds is 1. The van der Waals surface area contributed by atoms with Gasteiger partial charge in [-0.15, -0.1) is 0 Å². The summed E-state index contributed by atoms with van der Waals surface area (Å²) < 4.78 is 0. The molecular formula is C17H30N2O. The Morgan fingerprint density at radius 3 is 2.10 bits per heavy atom. The van der Waals surface area contributed by atoms with Crippen molar-refractivity contribution in [2.24, 2.45) is 17.1 Å². The van der Waals surface area contributed by atoms with Crippen LogP contribution in [0.2, 0.25) is 0 Å². The Bertz CT molecular complexity index is 331. The van der Waals surface area contributed by atoms with Crippen LogP contribution in [-0.4, -0.2) is 29.9 Å². The summed E-state index contributed by atoms with van der Waals surface area (Å²) in [5, 5.41) is 0. The topological polar surface area (TPSA) is 46.3 Å². The minimum absolute atomic E-state index is 0.273. The zero-order valence-corrected chi connectivity index (χ0v) is 12.8. The molecule has 0 aromatic heterocycles. The molecule has 114 valence electrons. The van der Waals surface area contributed by atoms with Gasteiger partial charge in [-0.05, 0) is 56.8 Å². The molecule has 0 radical (unpaired) electrons. The largest absolute Gasteiger partial charge is 0.342 e. The SMILES string of the molecule is NC1CCC(C(=O)N2CCC3(CCCCC3)CC2)CC1. The molecule has 1 amide bonds. The highest BCUT2D eigenvalue weighted by Gasteiger charge is 2.38. The van der Waals surface area contributed by atoms with E-state index in [2.05, 4.69) is 4.90 Å². The van der Waals surface area contributed by atoms with E-state index in [1.54, 1.807) is 0 Å². The first-order valence-corrected chi connectivity index (χ1v) is 8.73. The van der Waals surface area contributed by atoms with Crippen molar-refractivity contribution in [3.63, 3.8) is 0 Å². The minimum atomic E-state index is 0.273. The zero-order chi connectivity index (χ0) is 14.0. The molecule has 0 bridgehead atoms. The Morgan fingerprint density at radius 2 is 1.50 bits per heavy atom. The van der Waals surface area contributed by atoms with E-state index in [9.17, 15) is 4.79 Å². The van der Waals surface area contributed by atoms with E-state index < -0.39 is 0 Å². The Labute approximate surface area is 123 Å². The van der Waals surface area contributed by atoms with Gasteiger partial charge in [0, 0.05) is 25.0 Å². The number of piperidine rings is 1. The maximum Gasteiger partial charge on any atom is 0.225 e. The standard InChI is InChI=1S/C17H30N2O/c18-15-6-4-14(5-7-15)16(20)19-12-10-17(11-13-19)8-2-1-3-9-17/h14-15H,1-13,18H2. The minimum Gasteiger partial charge on any atom is -0.342 e. The van der Waals surface area contributed by atoms with Crippen LogP contribution in [0.1, 0.15) is 70.6 Å². The van der Waals surface area contributed by atoms with Gasteiger partial charge in [-0.1, -0.05) is 19.3 Å². The van der Waals surface area contributed by atoms with Crippen molar-refractivity contribution >= 4 is 5.91 Å². The van der Waals surface area contributed by atoms with Crippen molar-refractivity contribution < 1.29 is 4.79 Å². The van der Waals surface area contributed by atoms with Crippen molar-refractivity contribution in [2.75, 3.05) is 13.1 Å². The summed E-state index contributed by atoms with van der Waals surface area (Å²) in [5.74, 6) is 0.706. The van der Waals surface area contributed by atoms with Gasteiger partial charge in [0.25, 0.3) is 0 Å². The Balaban J connectivity index is 1.51. The summed E-state index contributed by atoms with van der Waals surface area (Å²) >= 11 is 0. The maximum atomic E-state index is 12.6. The number of amides is 1. The number of likely N-dealkylation sites (tertiary alicyclic amines) is 1. The average Bonchev–Trinajstić information content (AvgIpc) is 2.49. The molecule has 2 N–H and O–H groups in total. The Hall–Kier alpha value is -0.570. The predicted octanol–water partition coefficient (Wildman–Crippen LogP) is 3.08. The van der Waals surface area contributed by atoms with Crippen LogP contribution in [0.3, 0.4) is 0 Å². The number of hydrogen-bond acceptors (Lipinski definition) is 2. The molecule has 1 heterocycles. The van der Waals surface area contributed by atoms with Gasteiger partial charge >= 0.3 is 0 Å². The summed E-state index contributed by atoms with van der Waals surface area (Å²) in [4.78, 5) is 14.8. The van der Waals surface area contributed by atoms with E-state index in [0.717, 1.165) is 38.8 Å². The number of carbonyl (C=O) groups is 1. The van der Waals surface area contributed by atoms with E-state index in [1.165, 1.54) is 44.9 Å². The normalized spacial score (nSPS) is 34.1. The quantitative estimate of drug-likeness (QED) is 0.801. The van der Waals surface area contributed by atoms with Gasteiger partial charge in [0.2, 0.25) is 5.91 Å². The third-order valence-electron chi connectivity index (χ3n) is 6.17. The van der Waals surface area contributed by atoms with Gasteiger partial charge in [-0.2, -0.15) is 0 Å². The van der Waals surface area contributed by atoms with Crippen molar-refractivity contribution in [1.29, 1.82) is 0 Å². The van der Waals surface area contributed by atoms with E-state index in [0.29, 0.717) is 17.4 Å². The van der Waals surface area contributed by atoms with E-state index in [-0.39, 0.29) is 5.92 Å². The van der Waals surface area contributed by atoms with Crippen molar-refractivity contribution in [3.05, 3.63) is 0 Å². The number of nitrogens with two attached hydrogens (primary N) is 1. The molecule has 2 aliphatic carbocycles. The van der Waals surface area contributed by atoms with Gasteiger partial charge in [0.05, 0.1) is 0 Å². The third-order valence-corrected chi connectivity index (χ3v) is 6.17. The first kappa shape index (κ1) is 14.4. The number of carbonyl (C=O) groups excluding carboxylic acids is 1. The average molecular weight is 278 g/mol. The van der Waals surface area contributed by atoms with Crippen LogP contribution < -0.4 is 5.73 Å². The molecule has 1 saturated heterocycles. The van der Waals surface area contributed by atoms with Gasteiger partial charge in [-0.3, -0.25) is 4.79 Å². The molecule has 3 rings (SSSR count). The van der Waals surface area contributed by atoms with Crippen LogP contribution in [0.15, 0.2) is 0 Å². The van der Waals surface area contributed by atoms with E-state index >= 15 is 0 Å². The van der Waals surface area contributed by atoms with Gasteiger partial charge < -0.3 is 10.6 Å². The summed E-state index contributed by atoms with van der Waals surface area (Å²) in [6.45, 7) is 2.03. The highest BCUT2D eigenvalue weighted by Crippen LogP contribution is 2.44. The molecule has 1 spiro atoms. The molecule has 2 saturated carbocycles. The van der Waals surface area contributed by atoms with Crippen molar-refractivity contribution in [2.45, 2.75) is 76.7 Å². The molecule has 0 aromatic rings.